The van der Waals surface area contributed by atoms with E-state index in [0.717, 1.165) is 42.5 Å². The van der Waals surface area contributed by atoms with Crippen LogP contribution in [0.25, 0.3) is 22.2 Å². The first-order valence-electron chi connectivity index (χ1n) is 16.4. The minimum Gasteiger partial charge on any atom is -0.512 e. The maximum atomic E-state index is 12.5. The van der Waals surface area contributed by atoms with Gasteiger partial charge in [0.05, 0.1) is 5.52 Å². The van der Waals surface area contributed by atoms with E-state index < -0.39 is 5.41 Å². The molecular formula is C41H60IrNO2-. The monoisotopic (exact) mass is 791 g/mol. The van der Waals surface area contributed by atoms with Crippen LogP contribution in [0.15, 0.2) is 54.3 Å². The summed E-state index contributed by atoms with van der Waals surface area (Å²) in [6, 6.07) is 18.6. The molecule has 3 aromatic rings. The van der Waals surface area contributed by atoms with Crippen LogP contribution in [0.3, 0.4) is 0 Å². The smallest absolute Gasteiger partial charge is 0.164 e. The molecule has 0 amide bonds. The summed E-state index contributed by atoms with van der Waals surface area (Å²) >= 11 is 0. The second-order valence-corrected chi connectivity index (χ2v) is 16.5. The molecular weight excluding hydrogens is 731 g/mol. The van der Waals surface area contributed by atoms with Crippen LogP contribution >= 0.6 is 0 Å². The van der Waals surface area contributed by atoms with Crippen LogP contribution < -0.4 is 0 Å². The molecule has 1 radical (unpaired) electrons. The molecule has 0 bridgehead atoms. The summed E-state index contributed by atoms with van der Waals surface area (Å²) in [6.07, 6.45) is 5.39. The van der Waals surface area contributed by atoms with Gasteiger partial charge in [0.15, 0.2) is 5.78 Å². The van der Waals surface area contributed by atoms with Crippen LogP contribution in [0.4, 0.5) is 0 Å². The summed E-state index contributed by atoms with van der Waals surface area (Å²) in [5, 5.41) is 11.7. The van der Waals surface area contributed by atoms with Crippen molar-refractivity contribution in [3.63, 3.8) is 0 Å². The van der Waals surface area contributed by atoms with E-state index in [1.807, 2.05) is 27.7 Å². The van der Waals surface area contributed by atoms with Gasteiger partial charge in [-0.15, -0.1) is 34.9 Å². The molecule has 3 rings (SSSR count). The molecule has 0 aliphatic carbocycles. The Morgan fingerprint density at radius 1 is 0.844 bits per heavy atom. The van der Waals surface area contributed by atoms with Crippen molar-refractivity contribution in [1.82, 2.24) is 4.98 Å². The molecule has 4 heteroatoms. The van der Waals surface area contributed by atoms with E-state index in [2.05, 4.69) is 118 Å². The quantitative estimate of drug-likeness (QED) is 0.133. The van der Waals surface area contributed by atoms with Crippen molar-refractivity contribution in [2.24, 2.45) is 21.7 Å². The van der Waals surface area contributed by atoms with E-state index in [-0.39, 0.29) is 47.9 Å². The molecule has 1 heterocycles. The fourth-order valence-electron chi connectivity index (χ4n) is 6.78. The van der Waals surface area contributed by atoms with Crippen LogP contribution in [-0.4, -0.2) is 15.9 Å². The average molecular weight is 791 g/mol. The fourth-order valence-corrected chi connectivity index (χ4v) is 6.78. The zero-order chi connectivity index (χ0) is 33.7. The van der Waals surface area contributed by atoms with E-state index in [9.17, 15) is 9.90 Å². The first-order valence-corrected chi connectivity index (χ1v) is 16.4. The summed E-state index contributed by atoms with van der Waals surface area (Å²) in [4.78, 5) is 17.4. The van der Waals surface area contributed by atoms with Gasteiger partial charge in [0, 0.05) is 42.4 Å². The molecule has 251 valence electrons. The van der Waals surface area contributed by atoms with Crippen molar-refractivity contribution in [2.45, 2.75) is 129 Å². The number of aryl methyl sites for hydroxylation is 2. The van der Waals surface area contributed by atoms with Crippen molar-refractivity contribution >= 4 is 16.7 Å². The molecule has 1 aromatic heterocycles. The number of para-hydroxylation sites is 1. The first kappa shape index (κ1) is 40.7. The van der Waals surface area contributed by atoms with Crippen LogP contribution in [0, 0.1) is 41.6 Å². The number of ketones is 1. The molecule has 0 saturated heterocycles. The summed E-state index contributed by atoms with van der Waals surface area (Å²) < 4.78 is 0. The van der Waals surface area contributed by atoms with Crippen LogP contribution in [0.2, 0.25) is 0 Å². The third kappa shape index (κ3) is 12.4. The number of hydrogen-bond acceptors (Lipinski definition) is 3. The number of aliphatic hydroxyl groups excluding tert-OH is 1. The molecule has 0 aliphatic heterocycles. The van der Waals surface area contributed by atoms with Gasteiger partial charge in [-0.1, -0.05) is 121 Å². The predicted molar refractivity (Wildman–Crippen MR) is 190 cm³/mol. The topological polar surface area (TPSA) is 50.2 Å². The second kappa shape index (κ2) is 16.0. The molecule has 45 heavy (non-hydrogen) atoms. The van der Waals surface area contributed by atoms with Crippen LogP contribution in [0.5, 0.6) is 0 Å². The molecule has 0 spiro atoms. The molecule has 0 aliphatic rings. The maximum absolute atomic E-state index is 12.5. The third-order valence-electron chi connectivity index (χ3n) is 8.17. The van der Waals surface area contributed by atoms with E-state index in [1.165, 1.54) is 28.2 Å². The number of allylic oxidation sites excluding steroid dienone is 2. The van der Waals surface area contributed by atoms with Gasteiger partial charge in [0.2, 0.25) is 0 Å². The summed E-state index contributed by atoms with van der Waals surface area (Å²) in [7, 11) is 0. The summed E-state index contributed by atoms with van der Waals surface area (Å²) in [6.45, 7) is 29.5. The molecule has 3 nitrogen and oxygen atoms in total. The number of carbonyl (C=O) groups is 1. The standard InChI is InChI=1S/C22H24N.C19H36O2.Ir/c1-5-17(6-2)20-14-22(18-12-15(3)11-16(4)13-18)23-21-10-8-7-9-19(20)21;1-16(2,3)12-18(7,8)14(20)11-15(21)19(9,10)13-17(4,5)6;/h7-12,14,17H,5-6H2,1-4H3;11,20H,12-13H2,1-10H3;/q-1;;/b;14-11-;. The molecule has 1 N–H and O–H groups in total. The van der Waals surface area contributed by atoms with Gasteiger partial charge in [0.1, 0.15) is 5.76 Å². The normalized spacial score (nSPS) is 12.9. The number of hydrogen-bond donors (Lipinski definition) is 1. The van der Waals surface area contributed by atoms with Gasteiger partial charge in [-0.25, -0.2) is 0 Å². The molecule has 0 saturated carbocycles. The van der Waals surface area contributed by atoms with Gasteiger partial charge in [-0.3, -0.25) is 9.78 Å². The number of fused-ring (bicyclic) bond motifs is 1. The van der Waals surface area contributed by atoms with Crippen molar-refractivity contribution < 1.29 is 30.0 Å². The van der Waals surface area contributed by atoms with Gasteiger partial charge in [-0.2, -0.15) is 0 Å². The zero-order valence-corrected chi connectivity index (χ0v) is 33.1. The second-order valence-electron chi connectivity index (χ2n) is 16.5. The maximum Gasteiger partial charge on any atom is 0.164 e. The molecule has 0 atom stereocenters. The van der Waals surface area contributed by atoms with Crippen LogP contribution in [0.1, 0.15) is 131 Å². The van der Waals surface area contributed by atoms with Gasteiger partial charge < -0.3 is 5.11 Å². The number of pyridine rings is 1. The number of aliphatic hydroxyl groups is 1. The van der Waals surface area contributed by atoms with E-state index in [4.69, 9.17) is 4.98 Å². The predicted octanol–water partition coefficient (Wildman–Crippen LogP) is 12.1. The van der Waals surface area contributed by atoms with Gasteiger partial charge >= 0.3 is 0 Å². The number of nitrogens with zero attached hydrogens (tertiary/aromatic N) is 1. The summed E-state index contributed by atoms with van der Waals surface area (Å²) in [5.74, 6) is 0.786. The molecule has 2 aromatic carbocycles. The van der Waals surface area contributed by atoms with Crippen molar-refractivity contribution in [3.05, 3.63) is 77.1 Å². The van der Waals surface area contributed by atoms with Crippen molar-refractivity contribution in [2.75, 3.05) is 0 Å². The van der Waals surface area contributed by atoms with Gasteiger partial charge in [-0.05, 0) is 59.8 Å². The Morgan fingerprint density at radius 3 is 1.89 bits per heavy atom. The number of aromatic nitrogens is 1. The van der Waals surface area contributed by atoms with Crippen molar-refractivity contribution in [3.8, 4) is 11.3 Å². The van der Waals surface area contributed by atoms with E-state index in [1.54, 1.807) is 0 Å². The Labute approximate surface area is 289 Å². The average Bonchev–Trinajstić information content (AvgIpc) is 2.86. The largest absolute Gasteiger partial charge is 0.512 e. The van der Waals surface area contributed by atoms with Gasteiger partial charge in [0.25, 0.3) is 0 Å². The van der Waals surface area contributed by atoms with E-state index in [0.29, 0.717) is 5.92 Å². The molecule has 0 fully saturated rings. The Morgan fingerprint density at radius 2 is 1.38 bits per heavy atom. The number of rotatable bonds is 9. The Balaban J connectivity index is 0.000000443. The van der Waals surface area contributed by atoms with E-state index >= 15 is 0 Å². The minimum absolute atomic E-state index is 0. The fraction of sp³-hybridized carbons (Fsp3) is 0.561. The Bertz CT molecular complexity index is 1430. The number of carbonyl (C=O) groups excluding carboxylic acids is 1. The zero-order valence-electron chi connectivity index (χ0n) is 30.7. The number of benzene rings is 2. The van der Waals surface area contributed by atoms with Crippen molar-refractivity contribution in [1.29, 1.82) is 0 Å². The summed E-state index contributed by atoms with van der Waals surface area (Å²) in [5.41, 5.74) is 6.42. The minimum atomic E-state index is -0.454. The Kier molecular flexibility index (Phi) is 14.5. The Hall–Kier alpha value is -2.29. The van der Waals surface area contributed by atoms with Crippen LogP contribution in [-0.2, 0) is 24.9 Å². The SMILES string of the molecule is CC(C)(C)CC(C)(C)C(=O)/C=C(\O)C(C)(C)CC(C)(C)C.CCC(CC)c1cc(-c2[c-]c(C)cc(C)c2)nc2ccccc12.[Ir]. The third-order valence-corrected chi connectivity index (χ3v) is 8.17. The first-order chi connectivity index (χ1) is 20.1. The molecule has 0 unspecified atom stereocenters.